The van der Waals surface area contributed by atoms with Gasteiger partial charge < -0.3 is 0 Å². The van der Waals surface area contributed by atoms with Crippen molar-refractivity contribution in [2.45, 2.75) is 25.7 Å². The maximum Gasteiger partial charge on any atom is 0.138 e. The van der Waals surface area contributed by atoms with E-state index in [-0.39, 0.29) is 32.7 Å². The fourth-order valence-corrected chi connectivity index (χ4v) is 2.84. The predicted octanol–water partition coefficient (Wildman–Crippen LogP) is 2.18. The molecule has 2 aliphatic carbocycles. The summed E-state index contributed by atoms with van der Waals surface area (Å²) in [5, 5.41) is 0. The number of hydrogen-bond donors (Lipinski definition) is 0. The minimum atomic E-state index is 0. The van der Waals surface area contributed by atoms with Crippen LogP contribution in [-0.2, 0) is 50.3 Å². The van der Waals surface area contributed by atoms with Crippen LogP contribution >= 0.6 is 0 Å². The van der Waals surface area contributed by atoms with Gasteiger partial charge in [-0.05, 0) is 19.3 Å². The molecule has 0 heterocycles. The molecule has 2 atom stereocenters. The van der Waals surface area contributed by atoms with Gasteiger partial charge in [0.2, 0.25) is 0 Å². The quantitative estimate of drug-likeness (QED) is 0.663. The van der Waals surface area contributed by atoms with Crippen molar-refractivity contribution in [2.24, 2.45) is 11.8 Å². The monoisotopic (exact) mass is 274 g/mol. The van der Waals surface area contributed by atoms with Crippen LogP contribution in [-0.4, -0.2) is 5.78 Å². The van der Waals surface area contributed by atoms with Crippen molar-refractivity contribution in [1.29, 1.82) is 0 Å². The van der Waals surface area contributed by atoms with E-state index in [1.165, 1.54) is 11.1 Å². The van der Waals surface area contributed by atoms with Gasteiger partial charge in [0, 0.05) is 44.5 Å². The minimum absolute atomic E-state index is 0. The van der Waals surface area contributed by atoms with Gasteiger partial charge in [0.1, 0.15) is 5.78 Å². The first-order valence-corrected chi connectivity index (χ1v) is 5.36. The van der Waals surface area contributed by atoms with Crippen LogP contribution in [0.4, 0.5) is 0 Å². The van der Waals surface area contributed by atoms with E-state index in [0.717, 1.165) is 25.7 Å². The molecule has 15 heavy (non-hydrogen) atoms. The Morgan fingerprint density at radius 2 is 1.80 bits per heavy atom. The fourth-order valence-electron chi connectivity index (χ4n) is 2.84. The van der Waals surface area contributed by atoms with E-state index in [2.05, 4.69) is 18.2 Å². The molecule has 1 radical (unpaired) electrons. The summed E-state index contributed by atoms with van der Waals surface area (Å²) in [5.74, 6) is 1.15. The third-order valence-electron chi connectivity index (χ3n) is 3.65. The molecule has 0 aromatic heterocycles. The molecule has 0 aliphatic heterocycles. The number of ketones is 1. The molecular formula is C13H13OY-. The predicted molar refractivity (Wildman–Crippen MR) is 53.9 cm³/mol. The van der Waals surface area contributed by atoms with E-state index in [1.54, 1.807) is 0 Å². The van der Waals surface area contributed by atoms with Gasteiger partial charge >= 0.3 is 0 Å². The largest absolute Gasteiger partial charge is 0.299 e. The zero-order valence-corrected chi connectivity index (χ0v) is 11.5. The smallest absolute Gasteiger partial charge is 0.138 e. The number of rotatable bonds is 0. The molecule has 1 aromatic carbocycles. The third-order valence-corrected chi connectivity index (χ3v) is 3.65. The van der Waals surface area contributed by atoms with E-state index >= 15 is 0 Å². The van der Waals surface area contributed by atoms with Gasteiger partial charge in [-0.2, -0.15) is 35.4 Å². The summed E-state index contributed by atoms with van der Waals surface area (Å²) in [6.07, 6.45) is 4.15. The summed E-state index contributed by atoms with van der Waals surface area (Å²) in [4.78, 5) is 11.9. The maximum atomic E-state index is 11.9. The van der Waals surface area contributed by atoms with E-state index < -0.39 is 0 Å². The van der Waals surface area contributed by atoms with Crippen molar-refractivity contribution in [3.63, 3.8) is 0 Å². The molecule has 0 amide bonds. The number of Topliss-reactive ketones (excluding diaryl/α,β-unsaturated/α-hetero) is 1. The van der Waals surface area contributed by atoms with E-state index in [4.69, 9.17) is 0 Å². The zero-order chi connectivity index (χ0) is 9.54. The van der Waals surface area contributed by atoms with Crippen LogP contribution in [0.25, 0.3) is 0 Å². The van der Waals surface area contributed by atoms with Crippen molar-refractivity contribution < 1.29 is 37.5 Å². The second-order valence-corrected chi connectivity index (χ2v) is 4.48. The average molecular weight is 274 g/mol. The standard InChI is InChI=1S/C13H13O.Y/c14-13-11-5-6-12(13)8-10-4-2-1-3-9(10)7-11;/h1,3-4,11-12H,5-8H2;/q-1;. The van der Waals surface area contributed by atoms with Crippen LogP contribution in [0, 0.1) is 17.9 Å². The van der Waals surface area contributed by atoms with Gasteiger partial charge in [-0.1, -0.05) is 6.42 Å². The van der Waals surface area contributed by atoms with Gasteiger partial charge in [-0.3, -0.25) is 4.79 Å². The molecule has 1 saturated carbocycles. The van der Waals surface area contributed by atoms with Crippen LogP contribution in [0.1, 0.15) is 24.0 Å². The van der Waals surface area contributed by atoms with Crippen LogP contribution in [0.5, 0.6) is 0 Å². The summed E-state index contributed by atoms with van der Waals surface area (Å²) in [7, 11) is 0. The molecule has 75 valence electrons. The molecule has 0 N–H and O–H groups in total. The van der Waals surface area contributed by atoms with Crippen molar-refractivity contribution in [3.8, 4) is 0 Å². The summed E-state index contributed by atoms with van der Waals surface area (Å²) in [5.41, 5.74) is 2.73. The molecule has 2 bridgehead atoms. The van der Waals surface area contributed by atoms with E-state index in [1.807, 2.05) is 6.07 Å². The van der Waals surface area contributed by atoms with E-state index in [0.29, 0.717) is 17.6 Å². The molecule has 1 nitrogen and oxygen atoms in total. The topological polar surface area (TPSA) is 17.1 Å². The molecule has 1 aromatic rings. The second-order valence-electron chi connectivity index (χ2n) is 4.48. The summed E-state index contributed by atoms with van der Waals surface area (Å²) < 4.78 is 0. The minimum Gasteiger partial charge on any atom is -0.299 e. The van der Waals surface area contributed by atoms with Crippen LogP contribution in [0.3, 0.4) is 0 Å². The summed E-state index contributed by atoms with van der Waals surface area (Å²) >= 11 is 0. The first-order chi connectivity index (χ1) is 6.84. The molecule has 1 fully saturated rings. The summed E-state index contributed by atoms with van der Waals surface area (Å²) in [6.45, 7) is 0. The molecular weight excluding hydrogens is 261 g/mol. The van der Waals surface area contributed by atoms with Crippen LogP contribution < -0.4 is 0 Å². The zero-order valence-electron chi connectivity index (χ0n) is 8.70. The Kier molecular flexibility index (Phi) is 3.42. The van der Waals surface area contributed by atoms with Crippen molar-refractivity contribution in [3.05, 3.63) is 35.4 Å². The average Bonchev–Trinajstić information content (AvgIpc) is 2.44. The van der Waals surface area contributed by atoms with Gasteiger partial charge in [0.25, 0.3) is 0 Å². The van der Waals surface area contributed by atoms with Gasteiger partial charge in [0.05, 0.1) is 0 Å². The van der Waals surface area contributed by atoms with Crippen molar-refractivity contribution in [1.82, 2.24) is 0 Å². The molecule has 3 rings (SSSR count). The molecule has 0 spiro atoms. The summed E-state index contributed by atoms with van der Waals surface area (Å²) in [6, 6.07) is 9.26. The van der Waals surface area contributed by atoms with Crippen LogP contribution in [0.2, 0.25) is 0 Å². The van der Waals surface area contributed by atoms with Gasteiger partial charge in [0.15, 0.2) is 0 Å². The van der Waals surface area contributed by atoms with Crippen molar-refractivity contribution in [2.75, 3.05) is 0 Å². The number of fused-ring (bicyclic) bond motifs is 3. The Labute approximate surface area is 116 Å². The SMILES string of the molecule is O=C1C2CCC1Cc1cc[c-]cc1C2.[Y]. The second kappa shape index (κ2) is 4.47. The molecule has 0 saturated heterocycles. The van der Waals surface area contributed by atoms with Gasteiger partial charge in [-0.25, -0.2) is 0 Å². The van der Waals surface area contributed by atoms with E-state index in [9.17, 15) is 4.79 Å². The van der Waals surface area contributed by atoms with Crippen molar-refractivity contribution >= 4 is 5.78 Å². The molecule has 2 heteroatoms. The maximum absolute atomic E-state index is 11.9. The Bertz CT molecular complexity index is 351. The Hall–Kier alpha value is -0.00610. The number of carbonyl (C=O) groups is 1. The first-order valence-electron chi connectivity index (χ1n) is 5.36. The number of carbonyl (C=O) groups excluding carboxylic acids is 1. The first kappa shape index (κ1) is 11.5. The van der Waals surface area contributed by atoms with Crippen LogP contribution in [0.15, 0.2) is 18.2 Å². The molecule has 2 unspecified atom stereocenters. The Morgan fingerprint density at radius 3 is 2.53 bits per heavy atom. The Morgan fingerprint density at radius 1 is 1.13 bits per heavy atom. The fraction of sp³-hybridized carbons (Fsp3) is 0.462. The third kappa shape index (κ3) is 1.97. The number of hydrogen-bond acceptors (Lipinski definition) is 1. The normalized spacial score (nSPS) is 27.9. The van der Waals surface area contributed by atoms with Gasteiger partial charge in [-0.15, -0.1) is 0 Å². The molecule has 2 aliphatic rings. The number of benzene rings is 1. The Balaban J connectivity index is 0.000000853.